The number of carbonyl (C=O) groups is 2. The van der Waals surface area contributed by atoms with Crippen LogP contribution in [0.4, 0.5) is 0 Å². The predicted octanol–water partition coefficient (Wildman–Crippen LogP) is 0.486. The molecule has 0 aromatic heterocycles. The molecule has 0 amide bonds. The molecule has 6 heteroatoms. The van der Waals surface area contributed by atoms with Gasteiger partial charge >= 0.3 is 11.9 Å². The van der Waals surface area contributed by atoms with Gasteiger partial charge in [-0.3, -0.25) is 4.79 Å². The second kappa shape index (κ2) is 6.75. The quantitative estimate of drug-likeness (QED) is 0.782. The van der Waals surface area contributed by atoms with Crippen molar-refractivity contribution in [2.45, 2.75) is 12.0 Å². The van der Waals surface area contributed by atoms with Crippen molar-refractivity contribution in [1.82, 2.24) is 0 Å². The first-order valence-corrected chi connectivity index (χ1v) is 5.52. The standard InChI is InChI=1S/C13H16O6/c1-17-9-6-4-8(5-7-9)10(12(15)18-2)11(14)13(16)19-3/h4-7,10-11,14H,1-3H3. The average Bonchev–Trinajstić information content (AvgIpc) is 2.46. The smallest absolute Gasteiger partial charge is 0.335 e. The third-order valence-corrected chi connectivity index (χ3v) is 2.69. The number of aliphatic hydroxyl groups is 1. The van der Waals surface area contributed by atoms with Crippen LogP contribution in [0.25, 0.3) is 0 Å². The fourth-order valence-corrected chi connectivity index (χ4v) is 1.64. The van der Waals surface area contributed by atoms with Gasteiger partial charge in [-0.15, -0.1) is 0 Å². The molecule has 19 heavy (non-hydrogen) atoms. The van der Waals surface area contributed by atoms with Crippen LogP contribution in [0, 0.1) is 0 Å². The van der Waals surface area contributed by atoms with Gasteiger partial charge in [-0.2, -0.15) is 0 Å². The van der Waals surface area contributed by atoms with E-state index >= 15 is 0 Å². The summed E-state index contributed by atoms with van der Waals surface area (Å²) in [5.41, 5.74) is 0.436. The summed E-state index contributed by atoms with van der Waals surface area (Å²) in [6.07, 6.45) is -1.62. The van der Waals surface area contributed by atoms with Crippen LogP contribution in [0.1, 0.15) is 11.5 Å². The third kappa shape index (κ3) is 3.45. The van der Waals surface area contributed by atoms with Gasteiger partial charge in [0, 0.05) is 0 Å². The van der Waals surface area contributed by atoms with E-state index in [1.165, 1.54) is 14.2 Å². The Labute approximate surface area is 110 Å². The van der Waals surface area contributed by atoms with E-state index in [1.807, 2.05) is 0 Å². The Hall–Kier alpha value is -2.08. The van der Waals surface area contributed by atoms with Crippen LogP contribution >= 0.6 is 0 Å². The van der Waals surface area contributed by atoms with Crippen LogP contribution in [0.2, 0.25) is 0 Å². The zero-order valence-corrected chi connectivity index (χ0v) is 11.0. The summed E-state index contributed by atoms with van der Waals surface area (Å²) in [7, 11) is 3.83. The van der Waals surface area contributed by atoms with Gasteiger partial charge in [0.1, 0.15) is 11.7 Å². The van der Waals surface area contributed by atoms with Crippen LogP contribution in [-0.2, 0) is 19.1 Å². The normalized spacial score (nSPS) is 13.3. The van der Waals surface area contributed by atoms with Gasteiger partial charge in [-0.25, -0.2) is 4.79 Å². The molecule has 0 bridgehead atoms. The number of rotatable bonds is 5. The zero-order chi connectivity index (χ0) is 14.4. The minimum absolute atomic E-state index is 0.436. The van der Waals surface area contributed by atoms with Crippen molar-refractivity contribution in [1.29, 1.82) is 0 Å². The number of carbonyl (C=O) groups excluding carboxylic acids is 2. The molecule has 0 saturated carbocycles. The summed E-state index contributed by atoms with van der Waals surface area (Å²) in [6, 6.07) is 6.39. The molecule has 6 nitrogen and oxygen atoms in total. The van der Waals surface area contributed by atoms with Crippen LogP contribution < -0.4 is 4.74 Å². The molecule has 0 fully saturated rings. The van der Waals surface area contributed by atoms with Crippen molar-refractivity contribution >= 4 is 11.9 Å². The topological polar surface area (TPSA) is 82.1 Å². The van der Waals surface area contributed by atoms with E-state index in [4.69, 9.17) is 4.74 Å². The van der Waals surface area contributed by atoms with E-state index in [0.717, 1.165) is 7.11 Å². The minimum atomic E-state index is -1.62. The molecule has 1 aromatic rings. The zero-order valence-electron chi connectivity index (χ0n) is 11.0. The first-order valence-electron chi connectivity index (χ1n) is 5.52. The van der Waals surface area contributed by atoms with Gasteiger partial charge in [0.15, 0.2) is 6.10 Å². The van der Waals surface area contributed by atoms with Crippen molar-refractivity contribution < 1.29 is 28.9 Å². The lowest BCUT2D eigenvalue weighted by atomic mass is 9.93. The molecule has 1 rings (SSSR count). The Kier molecular flexibility index (Phi) is 5.32. The molecule has 2 atom stereocenters. The number of hydrogen-bond acceptors (Lipinski definition) is 6. The molecule has 0 saturated heterocycles. The van der Waals surface area contributed by atoms with Crippen molar-refractivity contribution in [2.75, 3.05) is 21.3 Å². The first-order chi connectivity index (χ1) is 9.04. The van der Waals surface area contributed by atoms with E-state index in [1.54, 1.807) is 24.3 Å². The van der Waals surface area contributed by atoms with E-state index in [0.29, 0.717) is 11.3 Å². The third-order valence-electron chi connectivity index (χ3n) is 2.69. The fraction of sp³-hybridized carbons (Fsp3) is 0.385. The maximum Gasteiger partial charge on any atom is 0.335 e. The van der Waals surface area contributed by atoms with Crippen LogP contribution in [0.15, 0.2) is 24.3 Å². The van der Waals surface area contributed by atoms with Gasteiger partial charge in [0.05, 0.1) is 21.3 Å². The van der Waals surface area contributed by atoms with Crippen molar-refractivity contribution in [3.8, 4) is 5.75 Å². The highest BCUT2D eigenvalue weighted by Crippen LogP contribution is 2.24. The summed E-state index contributed by atoms with van der Waals surface area (Å²) < 4.78 is 14.0. The Morgan fingerprint density at radius 3 is 1.95 bits per heavy atom. The first kappa shape index (κ1) is 15.0. The summed E-state index contributed by atoms with van der Waals surface area (Å²) in [4.78, 5) is 23.1. The lowest BCUT2D eigenvalue weighted by Crippen LogP contribution is -2.34. The lowest BCUT2D eigenvalue weighted by Gasteiger charge is -2.19. The van der Waals surface area contributed by atoms with Crippen LogP contribution in [0.5, 0.6) is 5.75 Å². The Bertz CT molecular complexity index is 439. The number of hydrogen-bond donors (Lipinski definition) is 1. The summed E-state index contributed by atoms with van der Waals surface area (Å²) in [5, 5.41) is 9.85. The summed E-state index contributed by atoms with van der Waals surface area (Å²) in [5.74, 6) is -2.16. The van der Waals surface area contributed by atoms with E-state index in [2.05, 4.69) is 9.47 Å². The molecular formula is C13H16O6. The van der Waals surface area contributed by atoms with E-state index in [-0.39, 0.29) is 0 Å². The van der Waals surface area contributed by atoms with Crippen LogP contribution in [-0.4, -0.2) is 44.5 Å². The maximum atomic E-state index is 11.7. The second-order valence-electron chi connectivity index (χ2n) is 3.74. The molecule has 0 aliphatic carbocycles. The fourth-order valence-electron chi connectivity index (χ4n) is 1.64. The Morgan fingerprint density at radius 2 is 1.53 bits per heavy atom. The van der Waals surface area contributed by atoms with Crippen molar-refractivity contribution in [2.24, 2.45) is 0 Å². The highest BCUT2D eigenvalue weighted by atomic mass is 16.5. The minimum Gasteiger partial charge on any atom is -0.497 e. The summed E-state index contributed by atoms with van der Waals surface area (Å²) >= 11 is 0. The van der Waals surface area contributed by atoms with Gasteiger partial charge in [-0.1, -0.05) is 12.1 Å². The van der Waals surface area contributed by atoms with Crippen molar-refractivity contribution in [3.63, 3.8) is 0 Å². The lowest BCUT2D eigenvalue weighted by molar-refractivity contribution is -0.159. The second-order valence-corrected chi connectivity index (χ2v) is 3.74. The van der Waals surface area contributed by atoms with Gasteiger partial charge in [-0.05, 0) is 17.7 Å². The monoisotopic (exact) mass is 268 g/mol. The molecule has 104 valence electrons. The molecule has 1 N–H and O–H groups in total. The maximum absolute atomic E-state index is 11.7. The van der Waals surface area contributed by atoms with E-state index in [9.17, 15) is 14.7 Å². The molecule has 0 aliphatic rings. The molecule has 1 aromatic carbocycles. The number of ether oxygens (including phenoxy) is 3. The Balaban J connectivity index is 3.08. The molecule has 0 heterocycles. The largest absolute Gasteiger partial charge is 0.497 e. The predicted molar refractivity (Wildman–Crippen MR) is 65.8 cm³/mol. The molecule has 2 unspecified atom stereocenters. The van der Waals surface area contributed by atoms with E-state index < -0.39 is 24.0 Å². The SMILES string of the molecule is COC(=O)C(O)C(C(=O)OC)c1ccc(OC)cc1. The van der Waals surface area contributed by atoms with Gasteiger partial charge in [0.25, 0.3) is 0 Å². The number of aliphatic hydroxyl groups excluding tert-OH is 1. The highest BCUT2D eigenvalue weighted by Gasteiger charge is 2.35. The van der Waals surface area contributed by atoms with Gasteiger partial charge in [0.2, 0.25) is 0 Å². The number of benzene rings is 1. The van der Waals surface area contributed by atoms with Gasteiger partial charge < -0.3 is 19.3 Å². The molecular weight excluding hydrogens is 252 g/mol. The Morgan fingerprint density at radius 1 is 1.00 bits per heavy atom. The number of esters is 2. The van der Waals surface area contributed by atoms with Crippen molar-refractivity contribution in [3.05, 3.63) is 29.8 Å². The highest BCUT2D eigenvalue weighted by molar-refractivity contribution is 5.87. The molecule has 0 aliphatic heterocycles. The summed E-state index contributed by atoms with van der Waals surface area (Å²) in [6.45, 7) is 0. The van der Waals surface area contributed by atoms with Crippen LogP contribution in [0.3, 0.4) is 0 Å². The molecule has 0 spiro atoms. The average molecular weight is 268 g/mol. The number of methoxy groups -OCH3 is 3. The molecule has 0 radical (unpaired) electrons.